The smallest absolute Gasteiger partial charge is 0.339 e. The van der Waals surface area contributed by atoms with Crippen LogP contribution in [0.15, 0.2) is 77.2 Å². The summed E-state index contributed by atoms with van der Waals surface area (Å²) in [5, 5.41) is 2.69. The van der Waals surface area contributed by atoms with Crippen molar-refractivity contribution in [2.45, 2.75) is 6.92 Å². The molecule has 0 atom stereocenters. The lowest BCUT2D eigenvalue weighted by atomic mass is 10.1. The van der Waals surface area contributed by atoms with Gasteiger partial charge in [0.1, 0.15) is 11.3 Å². The van der Waals surface area contributed by atoms with Crippen LogP contribution in [0.25, 0.3) is 22.6 Å². The van der Waals surface area contributed by atoms with E-state index in [1.165, 1.54) is 0 Å². The van der Waals surface area contributed by atoms with Crippen molar-refractivity contribution in [1.82, 2.24) is 4.98 Å². The number of esters is 1. The minimum Gasteiger partial charge on any atom is -0.492 e. The molecule has 0 fully saturated rings. The van der Waals surface area contributed by atoms with E-state index in [0.717, 1.165) is 0 Å². The number of ether oxygens (including phenoxy) is 2. The number of carbonyl (C=O) groups is 2. The van der Waals surface area contributed by atoms with Crippen molar-refractivity contribution >= 4 is 28.7 Å². The van der Waals surface area contributed by atoms with Crippen LogP contribution in [0.3, 0.4) is 0 Å². The summed E-state index contributed by atoms with van der Waals surface area (Å²) in [6.45, 7) is 1.88. The highest BCUT2D eigenvalue weighted by atomic mass is 16.5. The summed E-state index contributed by atoms with van der Waals surface area (Å²) in [5.41, 5.74) is 2.57. The molecule has 1 heterocycles. The van der Waals surface area contributed by atoms with Crippen molar-refractivity contribution in [2.75, 3.05) is 18.5 Å². The zero-order chi connectivity index (χ0) is 21.6. The number of amides is 1. The topological polar surface area (TPSA) is 90.7 Å². The van der Waals surface area contributed by atoms with Crippen LogP contribution in [0.2, 0.25) is 0 Å². The molecular formula is C24H20N2O5. The predicted octanol–water partition coefficient (Wildman–Crippen LogP) is 4.69. The van der Waals surface area contributed by atoms with Gasteiger partial charge >= 0.3 is 5.97 Å². The fourth-order valence-corrected chi connectivity index (χ4v) is 3.08. The average Bonchev–Trinajstić information content (AvgIpc) is 3.23. The monoisotopic (exact) mass is 416 g/mol. The number of oxazole rings is 1. The highest BCUT2D eigenvalue weighted by molar-refractivity contribution is 5.99. The van der Waals surface area contributed by atoms with Crippen LogP contribution in [0.5, 0.6) is 5.75 Å². The van der Waals surface area contributed by atoms with Gasteiger partial charge in [0, 0.05) is 0 Å². The number of nitrogens with one attached hydrogen (secondary N) is 1. The lowest BCUT2D eigenvalue weighted by molar-refractivity contribution is -0.119. The number of nitrogens with zero attached hydrogens (tertiary/aromatic N) is 1. The first-order valence-corrected chi connectivity index (χ1v) is 9.79. The molecule has 31 heavy (non-hydrogen) atoms. The molecule has 7 nitrogen and oxygen atoms in total. The number of hydrogen-bond acceptors (Lipinski definition) is 6. The predicted molar refractivity (Wildman–Crippen MR) is 116 cm³/mol. The van der Waals surface area contributed by atoms with Crippen LogP contribution in [0.4, 0.5) is 5.69 Å². The Bertz CT molecular complexity index is 1200. The minimum atomic E-state index is -0.647. The maximum Gasteiger partial charge on any atom is 0.339 e. The Kier molecular flexibility index (Phi) is 5.93. The maximum absolute atomic E-state index is 12.7. The van der Waals surface area contributed by atoms with Gasteiger partial charge in [0.2, 0.25) is 5.89 Å². The third-order valence-corrected chi connectivity index (χ3v) is 4.47. The minimum absolute atomic E-state index is 0.261. The number of benzene rings is 3. The standard InChI is InChI=1S/C24H20N2O5/c1-2-29-20-13-7-5-11-18(20)25-22(27)15-30-24(28)17-10-4-3-9-16(17)23-26-19-12-6-8-14-21(19)31-23/h3-14H,2,15H2,1H3,(H,25,27). The fraction of sp³-hybridized carbons (Fsp3) is 0.125. The number of anilines is 1. The lowest BCUT2D eigenvalue weighted by Crippen LogP contribution is -2.21. The molecule has 0 unspecified atom stereocenters. The Morgan fingerprint density at radius 2 is 1.71 bits per heavy atom. The van der Waals surface area contributed by atoms with Crippen molar-refractivity contribution in [3.63, 3.8) is 0 Å². The Labute approximate surface area is 178 Å². The molecule has 4 aromatic rings. The van der Waals surface area contributed by atoms with Crippen molar-refractivity contribution in [3.05, 3.63) is 78.4 Å². The molecule has 0 spiro atoms. The van der Waals surface area contributed by atoms with Gasteiger partial charge in [-0.15, -0.1) is 0 Å². The second-order valence-corrected chi connectivity index (χ2v) is 6.59. The molecule has 1 amide bonds. The SMILES string of the molecule is CCOc1ccccc1NC(=O)COC(=O)c1ccccc1-c1nc2ccccc2o1. The first kappa shape index (κ1) is 20.2. The van der Waals surface area contributed by atoms with Gasteiger partial charge in [-0.3, -0.25) is 4.79 Å². The fourth-order valence-electron chi connectivity index (χ4n) is 3.08. The lowest BCUT2D eigenvalue weighted by Gasteiger charge is -2.11. The van der Waals surface area contributed by atoms with Gasteiger partial charge in [-0.05, 0) is 43.3 Å². The number of aromatic nitrogens is 1. The summed E-state index contributed by atoms with van der Waals surface area (Å²) in [6.07, 6.45) is 0. The van der Waals surface area contributed by atoms with Crippen LogP contribution in [-0.4, -0.2) is 30.1 Å². The number of carbonyl (C=O) groups excluding carboxylic acids is 2. The van der Waals surface area contributed by atoms with E-state index >= 15 is 0 Å². The van der Waals surface area contributed by atoms with Gasteiger partial charge in [-0.25, -0.2) is 9.78 Å². The molecule has 0 aliphatic rings. The second-order valence-electron chi connectivity index (χ2n) is 6.59. The molecule has 1 aromatic heterocycles. The highest BCUT2D eigenvalue weighted by Crippen LogP contribution is 2.27. The van der Waals surface area contributed by atoms with Crippen LogP contribution in [-0.2, 0) is 9.53 Å². The van der Waals surface area contributed by atoms with Crippen molar-refractivity contribution in [1.29, 1.82) is 0 Å². The Morgan fingerprint density at radius 1 is 0.968 bits per heavy atom. The van der Waals surface area contributed by atoms with E-state index < -0.39 is 18.5 Å². The van der Waals surface area contributed by atoms with Gasteiger partial charge < -0.3 is 19.2 Å². The molecule has 3 aromatic carbocycles. The Morgan fingerprint density at radius 3 is 2.55 bits per heavy atom. The summed E-state index contributed by atoms with van der Waals surface area (Å²) in [7, 11) is 0. The Hall–Kier alpha value is -4.13. The van der Waals surface area contributed by atoms with E-state index in [-0.39, 0.29) is 5.56 Å². The van der Waals surface area contributed by atoms with E-state index in [1.54, 1.807) is 48.5 Å². The van der Waals surface area contributed by atoms with E-state index in [4.69, 9.17) is 13.9 Å². The summed E-state index contributed by atoms with van der Waals surface area (Å²) < 4.78 is 16.5. The average molecular weight is 416 g/mol. The van der Waals surface area contributed by atoms with Gasteiger partial charge in [-0.1, -0.05) is 36.4 Å². The van der Waals surface area contributed by atoms with Gasteiger partial charge in [0.15, 0.2) is 12.2 Å². The molecule has 0 saturated heterocycles. The van der Waals surface area contributed by atoms with Crippen molar-refractivity contribution < 1.29 is 23.5 Å². The van der Waals surface area contributed by atoms with E-state index in [2.05, 4.69) is 10.3 Å². The molecule has 7 heteroatoms. The molecule has 0 aliphatic carbocycles. The molecule has 0 bridgehead atoms. The molecule has 0 saturated carbocycles. The van der Waals surface area contributed by atoms with Crippen molar-refractivity contribution in [2.24, 2.45) is 0 Å². The summed E-state index contributed by atoms with van der Waals surface area (Å²) in [6, 6.07) is 21.2. The molecule has 156 valence electrons. The van der Waals surface area contributed by atoms with E-state index in [0.29, 0.717) is 40.6 Å². The normalized spacial score (nSPS) is 10.6. The zero-order valence-electron chi connectivity index (χ0n) is 16.8. The summed E-state index contributed by atoms with van der Waals surface area (Å²) in [5.74, 6) is -0.263. The van der Waals surface area contributed by atoms with E-state index in [9.17, 15) is 9.59 Å². The number of rotatable bonds is 7. The molecular weight excluding hydrogens is 396 g/mol. The second kappa shape index (κ2) is 9.13. The number of fused-ring (bicyclic) bond motifs is 1. The van der Waals surface area contributed by atoms with Crippen LogP contribution in [0.1, 0.15) is 17.3 Å². The first-order chi connectivity index (χ1) is 15.2. The van der Waals surface area contributed by atoms with Crippen LogP contribution in [0, 0.1) is 0 Å². The molecule has 0 aliphatic heterocycles. The summed E-state index contributed by atoms with van der Waals surface area (Å²) in [4.78, 5) is 29.4. The van der Waals surface area contributed by atoms with Gasteiger partial charge in [0.05, 0.1) is 23.4 Å². The highest BCUT2D eigenvalue weighted by Gasteiger charge is 2.19. The van der Waals surface area contributed by atoms with Gasteiger partial charge in [0.25, 0.3) is 5.91 Å². The van der Waals surface area contributed by atoms with Crippen LogP contribution < -0.4 is 10.1 Å². The molecule has 4 rings (SSSR count). The number of para-hydroxylation sites is 4. The summed E-state index contributed by atoms with van der Waals surface area (Å²) >= 11 is 0. The van der Waals surface area contributed by atoms with E-state index in [1.807, 2.05) is 31.2 Å². The van der Waals surface area contributed by atoms with Gasteiger partial charge in [-0.2, -0.15) is 0 Å². The van der Waals surface area contributed by atoms with Crippen LogP contribution >= 0.6 is 0 Å². The Balaban J connectivity index is 1.47. The maximum atomic E-state index is 12.7. The van der Waals surface area contributed by atoms with Crippen molar-refractivity contribution in [3.8, 4) is 17.2 Å². The third kappa shape index (κ3) is 4.56. The third-order valence-electron chi connectivity index (χ3n) is 4.47. The zero-order valence-corrected chi connectivity index (χ0v) is 16.8. The largest absolute Gasteiger partial charge is 0.492 e. The number of hydrogen-bond donors (Lipinski definition) is 1. The molecule has 0 radical (unpaired) electrons. The quantitative estimate of drug-likeness (QED) is 0.440. The first-order valence-electron chi connectivity index (χ1n) is 9.79. The molecule has 1 N–H and O–H groups in total.